The first-order valence-electron chi connectivity index (χ1n) is 9.47. The van der Waals surface area contributed by atoms with E-state index in [1.165, 1.54) is 23.9 Å². The number of thioether (sulfide) groups is 1. The van der Waals surface area contributed by atoms with Crippen LogP contribution in [-0.4, -0.2) is 24.7 Å². The van der Waals surface area contributed by atoms with Crippen LogP contribution in [0.3, 0.4) is 0 Å². The first-order valence-corrected chi connectivity index (χ1v) is 10.8. The van der Waals surface area contributed by atoms with Gasteiger partial charge >= 0.3 is 0 Å². The van der Waals surface area contributed by atoms with Crippen molar-refractivity contribution in [3.63, 3.8) is 0 Å². The molecule has 31 heavy (non-hydrogen) atoms. The van der Waals surface area contributed by atoms with Crippen LogP contribution in [-0.2, 0) is 5.75 Å². The molecule has 0 unspecified atom stereocenters. The van der Waals surface area contributed by atoms with Crippen LogP contribution in [0, 0.1) is 5.82 Å². The molecule has 0 fully saturated rings. The number of fused-ring (bicyclic) bond motifs is 1. The lowest BCUT2D eigenvalue weighted by Crippen LogP contribution is -2.00. The van der Waals surface area contributed by atoms with Gasteiger partial charge in [0.15, 0.2) is 11.0 Å². The van der Waals surface area contributed by atoms with Gasteiger partial charge in [0.2, 0.25) is 0 Å². The highest BCUT2D eigenvalue weighted by Crippen LogP contribution is 2.32. The zero-order chi connectivity index (χ0) is 21.2. The van der Waals surface area contributed by atoms with Crippen LogP contribution in [0.25, 0.3) is 28.0 Å². The number of pyridine rings is 2. The molecule has 0 aliphatic rings. The molecule has 0 bridgehead atoms. The molecule has 0 aliphatic heterocycles. The number of halogens is 2. The maximum Gasteiger partial charge on any atom is 0.196 e. The highest BCUT2D eigenvalue weighted by atomic mass is 35.5. The molecule has 0 radical (unpaired) electrons. The fraction of sp³-hybridized carbons (Fsp3) is 0.0435. The summed E-state index contributed by atoms with van der Waals surface area (Å²) in [5, 5.41) is 11.1. The van der Waals surface area contributed by atoms with Crippen molar-refractivity contribution in [3.05, 3.63) is 95.7 Å². The number of nitrogens with zero attached hydrogens (tertiary/aromatic N) is 5. The Balaban J connectivity index is 1.55. The molecule has 0 amide bonds. The van der Waals surface area contributed by atoms with Crippen LogP contribution < -0.4 is 0 Å². The van der Waals surface area contributed by atoms with Crippen LogP contribution in [0.4, 0.5) is 4.39 Å². The van der Waals surface area contributed by atoms with E-state index in [1.54, 1.807) is 30.7 Å². The Kier molecular flexibility index (Phi) is 5.36. The molecule has 8 heteroatoms. The second-order valence-electron chi connectivity index (χ2n) is 6.75. The van der Waals surface area contributed by atoms with Gasteiger partial charge in [0.1, 0.15) is 5.82 Å². The number of hydrogen-bond donors (Lipinski definition) is 0. The fourth-order valence-electron chi connectivity index (χ4n) is 3.33. The van der Waals surface area contributed by atoms with E-state index in [0.29, 0.717) is 21.8 Å². The summed E-state index contributed by atoms with van der Waals surface area (Å²) in [7, 11) is 0. The Morgan fingerprint density at radius 2 is 1.71 bits per heavy atom. The zero-order valence-corrected chi connectivity index (χ0v) is 17.7. The Hall–Kier alpha value is -3.29. The minimum atomic E-state index is -0.296. The van der Waals surface area contributed by atoms with Crippen LogP contribution in [0.1, 0.15) is 5.56 Å². The monoisotopic (exact) mass is 447 g/mol. The van der Waals surface area contributed by atoms with Crippen LogP contribution in [0.15, 0.2) is 84.4 Å². The summed E-state index contributed by atoms with van der Waals surface area (Å²) in [5.41, 5.74) is 3.56. The lowest BCUT2D eigenvalue weighted by molar-refractivity contribution is 0.627. The van der Waals surface area contributed by atoms with E-state index in [4.69, 9.17) is 11.6 Å². The first-order chi connectivity index (χ1) is 15.2. The van der Waals surface area contributed by atoms with Crippen molar-refractivity contribution in [1.82, 2.24) is 24.7 Å². The van der Waals surface area contributed by atoms with Crippen molar-refractivity contribution < 1.29 is 4.39 Å². The fourth-order valence-corrected chi connectivity index (χ4v) is 4.48. The molecule has 5 aromatic rings. The Morgan fingerprint density at radius 1 is 0.903 bits per heavy atom. The molecule has 0 saturated heterocycles. The topological polar surface area (TPSA) is 56.5 Å². The molecule has 0 aliphatic carbocycles. The Labute approximate surface area is 187 Å². The minimum absolute atomic E-state index is 0.296. The molecule has 152 valence electrons. The third-order valence-electron chi connectivity index (χ3n) is 4.81. The van der Waals surface area contributed by atoms with E-state index in [0.717, 1.165) is 27.7 Å². The van der Waals surface area contributed by atoms with Gasteiger partial charge in [0.25, 0.3) is 0 Å². The molecule has 0 N–H and O–H groups in total. The minimum Gasteiger partial charge on any atom is -0.270 e. The van der Waals surface area contributed by atoms with Crippen molar-refractivity contribution in [2.75, 3.05) is 0 Å². The van der Waals surface area contributed by atoms with Crippen LogP contribution in [0.5, 0.6) is 0 Å². The number of hydrogen-bond acceptors (Lipinski definition) is 5. The van der Waals surface area contributed by atoms with Gasteiger partial charge in [-0.15, -0.1) is 10.2 Å². The highest BCUT2D eigenvalue weighted by Gasteiger charge is 2.17. The lowest BCUT2D eigenvalue weighted by atomic mass is 10.1. The summed E-state index contributed by atoms with van der Waals surface area (Å²) in [6, 6.07) is 17.7. The SMILES string of the molecule is Fc1ccc(-n2c(SCc3ccc(Cl)c4cccnc34)nnc2-c2ccncc2)cc1. The van der Waals surface area contributed by atoms with E-state index in [9.17, 15) is 4.39 Å². The maximum atomic E-state index is 13.5. The molecule has 5 rings (SSSR count). The van der Waals surface area contributed by atoms with E-state index < -0.39 is 0 Å². The van der Waals surface area contributed by atoms with Gasteiger partial charge in [0, 0.05) is 46.0 Å². The molecular weight excluding hydrogens is 433 g/mol. The smallest absolute Gasteiger partial charge is 0.196 e. The summed E-state index contributed by atoms with van der Waals surface area (Å²) in [6.07, 6.45) is 5.17. The van der Waals surface area contributed by atoms with Gasteiger partial charge in [-0.25, -0.2) is 4.39 Å². The largest absolute Gasteiger partial charge is 0.270 e. The molecule has 3 heterocycles. The second-order valence-corrected chi connectivity index (χ2v) is 8.10. The van der Waals surface area contributed by atoms with Gasteiger partial charge in [-0.05, 0) is 60.2 Å². The molecule has 3 aromatic heterocycles. The quantitative estimate of drug-likeness (QED) is 0.311. The van der Waals surface area contributed by atoms with Gasteiger partial charge in [0.05, 0.1) is 5.52 Å². The highest BCUT2D eigenvalue weighted by molar-refractivity contribution is 7.98. The standard InChI is InChI=1S/C23H15ClFN5S/c24-20-8-3-16(21-19(20)2-1-11-27-21)14-31-23-29-28-22(15-9-12-26-13-10-15)30(23)18-6-4-17(25)5-7-18/h1-13H,14H2. The number of rotatable bonds is 5. The Morgan fingerprint density at radius 3 is 2.52 bits per heavy atom. The summed E-state index contributed by atoms with van der Waals surface area (Å²) in [5.74, 6) is 0.992. The van der Waals surface area contributed by atoms with E-state index in [1.807, 2.05) is 41.0 Å². The Bertz CT molecular complexity index is 1360. The van der Waals surface area contributed by atoms with Crippen molar-refractivity contribution in [2.24, 2.45) is 0 Å². The molecule has 5 nitrogen and oxygen atoms in total. The molecule has 0 spiro atoms. The zero-order valence-electron chi connectivity index (χ0n) is 16.1. The molecule has 0 atom stereocenters. The number of aromatic nitrogens is 5. The third kappa shape index (κ3) is 3.89. The second kappa shape index (κ2) is 8.45. The first kappa shape index (κ1) is 19.7. The van der Waals surface area contributed by atoms with Crippen LogP contribution >= 0.6 is 23.4 Å². The van der Waals surface area contributed by atoms with Crippen molar-refractivity contribution in [2.45, 2.75) is 10.9 Å². The molecule has 2 aromatic carbocycles. The van der Waals surface area contributed by atoms with Crippen molar-refractivity contribution in [1.29, 1.82) is 0 Å². The van der Waals surface area contributed by atoms with Gasteiger partial charge in [-0.2, -0.15) is 0 Å². The van der Waals surface area contributed by atoms with Gasteiger partial charge < -0.3 is 0 Å². The average molecular weight is 448 g/mol. The maximum absolute atomic E-state index is 13.5. The lowest BCUT2D eigenvalue weighted by Gasteiger charge is -2.11. The molecule has 0 saturated carbocycles. The third-order valence-corrected chi connectivity index (χ3v) is 6.12. The van der Waals surface area contributed by atoms with Gasteiger partial charge in [-0.3, -0.25) is 14.5 Å². The summed E-state index contributed by atoms with van der Waals surface area (Å²) in [6.45, 7) is 0. The van der Waals surface area contributed by atoms with Crippen LogP contribution in [0.2, 0.25) is 5.02 Å². The van der Waals surface area contributed by atoms with Crippen molar-refractivity contribution in [3.8, 4) is 17.1 Å². The van der Waals surface area contributed by atoms with E-state index in [2.05, 4.69) is 20.2 Å². The van der Waals surface area contributed by atoms with E-state index >= 15 is 0 Å². The van der Waals surface area contributed by atoms with E-state index in [-0.39, 0.29) is 5.82 Å². The number of benzene rings is 2. The predicted octanol–water partition coefficient (Wildman–Crippen LogP) is 5.96. The summed E-state index contributed by atoms with van der Waals surface area (Å²) >= 11 is 7.86. The summed E-state index contributed by atoms with van der Waals surface area (Å²) < 4.78 is 15.5. The molecular formula is C23H15ClFN5S. The average Bonchev–Trinajstić information content (AvgIpc) is 3.24. The predicted molar refractivity (Wildman–Crippen MR) is 121 cm³/mol. The van der Waals surface area contributed by atoms with Crippen molar-refractivity contribution >= 4 is 34.3 Å². The van der Waals surface area contributed by atoms with Gasteiger partial charge in [-0.1, -0.05) is 29.4 Å². The normalized spacial score (nSPS) is 11.2. The summed E-state index contributed by atoms with van der Waals surface area (Å²) in [4.78, 5) is 8.58.